The molecule has 0 unspecified atom stereocenters. The number of halogens is 1. The van der Waals surface area contributed by atoms with Crippen LogP contribution in [0.5, 0.6) is 0 Å². The van der Waals surface area contributed by atoms with Gasteiger partial charge in [0.25, 0.3) is 0 Å². The van der Waals surface area contributed by atoms with Crippen LogP contribution in [0.2, 0.25) is 0 Å². The van der Waals surface area contributed by atoms with Gasteiger partial charge in [0.15, 0.2) is 0 Å². The second kappa shape index (κ2) is 5.47. The van der Waals surface area contributed by atoms with Crippen LogP contribution in [0, 0.1) is 0 Å². The summed E-state index contributed by atoms with van der Waals surface area (Å²) in [6, 6.07) is 0. The Morgan fingerprint density at radius 1 is 1.42 bits per heavy atom. The minimum absolute atomic E-state index is 0.314. The lowest BCUT2D eigenvalue weighted by molar-refractivity contribution is 0.645. The van der Waals surface area contributed by atoms with E-state index < -0.39 is 0 Å². The number of nitrogens with zero attached hydrogens (tertiary/aromatic N) is 1. The molecular formula is C10H14FN. The fourth-order valence-electron chi connectivity index (χ4n) is 0.714. The summed E-state index contributed by atoms with van der Waals surface area (Å²) in [5.41, 5.74) is 1.10. The molecule has 2 heteroatoms. The van der Waals surface area contributed by atoms with E-state index >= 15 is 0 Å². The van der Waals surface area contributed by atoms with Crippen molar-refractivity contribution in [2.24, 2.45) is 4.99 Å². The average molecular weight is 167 g/mol. The second-order valence-electron chi connectivity index (χ2n) is 2.26. The quantitative estimate of drug-likeness (QED) is 0.451. The highest BCUT2D eigenvalue weighted by molar-refractivity contribution is 5.57. The summed E-state index contributed by atoms with van der Waals surface area (Å²) < 4.78 is 13.1. The molecule has 0 aromatic carbocycles. The molecule has 12 heavy (non-hydrogen) atoms. The third kappa shape index (κ3) is 2.82. The van der Waals surface area contributed by atoms with Gasteiger partial charge in [0, 0.05) is 6.21 Å². The van der Waals surface area contributed by atoms with Crippen LogP contribution in [0.3, 0.4) is 0 Å². The van der Waals surface area contributed by atoms with Gasteiger partial charge in [-0.3, -0.25) is 4.99 Å². The summed E-state index contributed by atoms with van der Waals surface area (Å²) in [6.45, 7) is 8.72. The zero-order chi connectivity index (χ0) is 9.56. The van der Waals surface area contributed by atoms with Crippen molar-refractivity contribution in [1.82, 2.24) is 0 Å². The largest absolute Gasteiger partial charge is 0.258 e. The van der Waals surface area contributed by atoms with Gasteiger partial charge in [-0.15, -0.1) is 0 Å². The van der Waals surface area contributed by atoms with E-state index in [1.165, 1.54) is 6.08 Å². The Kier molecular flexibility index (Phi) is 4.93. The van der Waals surface area contributed by atoms with Crippen molar-refractivity contribution in [2.45, 2.75) is 20.8 Å². The van der Waals surface area contributed by atoms with Gasteiger partial charge in [-0.05, 0) is 32.4 Å². The molecule has 0 atom stereocenters. The highest BCUT2D eigenvalue weighted by Gasteiger charge is 2.02. The molecule has 0 amide bonds. The number of allylic oxidation sites excluding steroid dienone is 4. The normalized spacial score (nSPS) is 14.8. The number of hydrogen-bond acceptors (Lipinski definition) is 1. The van der Waals surface area contributed by atoms with E-state index in [4.69, 9.17) is 0 Å². The van der Waals surface area contributed by atoms with Crippen LogP contribution in [0.25, 0.3) is 0 Å². The van der Waals surface area contributed by atoms with E-state index in [0.29, 0.717) is 5.70 Å². The zero-order valence-corrected chi connectivity index (χ0v) is 7.76. The van der Waals surface area contributed by atoms with E-state index in [9.17, 15) is 4.39 Å². The second-order valence-corrected chi connectivity index (χ2v) is 2.26. The first-order chi connectivity index (χ1) is 5.67. The standard InChI is InChI=1S/C10H14FN/c1-5-8(4)10(12-7-3)9(11)6-2/h5-7H,1H2,2-4H3/b9-6+,10-8+,12-7?. The fraction of sp³-hybridized carbons (Fsp3) is 0.300. The van der Waals surface area contributed by atoms with Gasteiger partial charge in [-0.25, -0.2) is 4.39 Å². The molecule has 0 aromatic rings. The molecule has 0 spiro atoms. The van der Waals surface area contributed by atoms with Gasteiger partial charge in [-0.2, -0.15) is 0 Å². The van der Waals surface area contributed by atoms with Gasteiger partial charge < -0.3 is 0 Å². The summed E-state index contributed by atoms with van der Waals surface area (Å²) in [6.07, 6.45) is 4.53. The third-order valence-electron chi connectivity index (χ3n) is 1.42. The molecule has 0 aromatic heterocycles. The van der Waals surface area contributed by atoms with Crippen molar-refractivity contribution in [3.63, 3.8) is 0 Å². The minimum Gasteiger partial charge on any atom is -0.258 e. The van der Waals surface area contributed by atoms with Crippen molar-refractivity contribution < 1.29 is 4.39 Å². The first-order valence-electron chi connectivity index (χ1n) is 3.81. The minimum atomic E-state index is -0.314. The molecule has 0 saturated heterocycles. The first kappa shape index (κ1) is 10.8. The smallest absolute Gasteiger partial charge is 0.144 e. The predicted molar refractivity (Wildman–Crippen MR) is 51.9 cm³/mol. The van der Waals surface area contributed by atoms with Gasteiger partial charge in [0.1, 0.15) is 11.5 Å². The molecule has 0 heterocycles. The molecule has 0 fully saturated rings. The van der Waals surface area contributed by atoms with Gasteiger partial charge in [-0.1, -0.05) is 12.7 Å². The number of rotatable bonds is 3. The van der Waals surface area contributed by atoms with Crippen molar-refractivity contribution in [3.05, 3.63) is 35.8 Å². The van der Waals surface area contributed by atoms with E-state index in [-0.39, 0.29) is 5.83 Å². The van der Waals surface area contributed by atoms with Gasteiger partial charge in [0.2, 0.25) is 0 Å². The van der Waals surface area contributed by atoms with Crippen LogP contribution in [0.15, 0.2) is 40.8 Å². The molecular weight excluding hydrogens is 153 g/mol. The van der Waals surface area contributed by atoms with E-state index in [0.717, 1.165) is 5.57 Å². The summed E-state index contributed by atoms with van der Waals surface area (Å²) in [5, 5.41) is 0. The number of hydrogen-bond donors (Lipinski definition) is 0. The summed E-state index contributed by atoms with van der Waals surface area (Å²) in [7, 11) is 0. The molecule has 0 aliphatic rings. The van der Waals surface area contributed by atoms with Gasteiger partial charge >= 0.3 is 0 Å². The molecule has 1 nitrogen and oxygen atoms in total. The highest BCUT2D eigenvalue weighted by atomic mass is 19.1. The van der Waals surface area contributed by atoms with Crippen LogP contribution in [0.4, 0.5) is 4.39 Å². The molecule has 0 aliphatic carbocycles. The maximum atomic E-state index is 13.1. The molecule has 0 aliphatic heterocycles. The summed E-state index contributed by atoms with van der Waals surface area (Å²) in [5.74, 6) is -0.314. The van der Waals surface area contributed by atoms with Crippen molar-refractivity contribution in [1.29, 1.82) is 0 Å². The van der Waals surface area contributed by atoms with Crippen LogP contribution in [-0.4, -0.2) is 6.21 Å². The molecule has 66 valence electrons. The van der Waals surface area contributed by atoms with Crippen molar-refractivity contribution >= 4 is 6.21 Å². The Morgan fingerprint density at radius 3 is 2.33 bits per heavy atom. The highest BCUT2D eigenvalue weighted by Crippen LogP contribution is 2.17. The van der Waals surface area contributed by atoms with Crippen LogP contribution >= 0.6 is 0 Å². The lowest BCUT2D eigenvalue weighted by Gasteiger charge is -2.00. The van der Waals surface area contributed by atoms with Crippen molar-refractivity contribution in [3.8, 4) is 0 Å². The van der Waals surface area contributed by atoms with Gasteiger partial charge in [0.05, 0.1) is 0 Å². The summed E-state index contributed by atoms with van der Waals surface area (Å²) in [4.78, 5) is 3.91. The maximum absolute atomic E-state index is 13.1. The lowest BCUT2D eigenvalue weighted by Crippen LogP contribution is -1.84. The van der Waals surface area contributed by atoms with E-state index in [1.807, 2.05) is 0 Å². The van der Waals surface area contributed by atoms with Crippen LogP contribution in [-0.2, 0) is 0 Å². The third-order valence-corrected chi connectivity index (χ3v) is 1.42. The first-order valence-corrected chi connectivity index (χ1v) is 3.81. The lowest BCUT2D eigenvalue weighted by atomic mass is 10.2. The Balaban J connectivity index is 5.04. The van der Waals surface area contributed by atoms with E-state index in [2.05, 4.69) is 11.6 Å². The molecule has 0 rings (SSSR count). The van der Waals surface area contributed by atoms with E-state index in [1.54, 1.807) is 33.1 Å². The Bertz CT molecular complexity index is 247. The summed E-state index contributed by atoms with van der Waals surface area (Å²) >= 11 is 0. The van der Waals surface area contributed by atoms with Crippen molar-refractivity contribution in [2.75, 3.05) is 0 Å². The zero-order valence-electron chi connectivity index (χ0n) is 7.76. The van der Waals surface area contributed by atoms with Crippen LogP contribution in [0.1, 0.15) is 20.8 Å². The SMILES string of the molecule is C=C/C(C)=C(N=CC)\C(F)=C/C. The van der Waals surface area contributed by atoms with Crippen LogP contribution < -0.4 is 0 Å². The molecule has 0 saturated carbocycles. The molecule has 0 radical (unpaired) electrons. The Hall–Kier alpha value is -1.18. The molecule has 0 bridgehead atoms. The predicted octanol–water partition coefficient (Wildman–Crippen LogP) is 3.41. The average Bonchev–Trinajstić information content (AvgIpc) is 2.11. The topological polar surface area (TPSA) is 12.4 Å². The molecule has 0 N–H and O–H groups in total. The fourth-order valence-corrected chi connectivity index (χ4v) is 0.714. The Labute approximate surface area is 73.0 Å². The number of aliphatic imine (C=N–C) groups is 1. The maximum Gasteiger partial charge on any atom is 0.144 e. The Morgan fingerprint density at radius 2 is 2.00 bits per heavy atom. The monoisotopic (exact) mass is 167 g/mol.